The van der Waals surface area contributed by atoms with Crippen molar-refractivity contribution in [3.63, 3.8) is 0 Å². The van der Waals surface area contributed by atoms with Gasteiger partial charge < -0.3 is 4.90 Å². The SMILES string of the molecule is C=CCN1C(=O)C[C@H]2CCCC[C@]21C#N. The molecule has 3 heteroatoms. The third-order valence-electron chi connectivity index (χ3n) is 3.74. The van der Waals surface area contributed by atoms with Crippen LogP contribution in [-0.2, 0) is 4.79 Å². The lowest BCUT2D eigenvalue weighted by Gasteiger charge is -2.39. The summed E-state index contributed by atoms with van der Waals surface area (Å²) in [4.78, 5) is 13.6. The summed E-state index contributed by atoms with van der Waals surface area (Å²) < 4.78 is 0. The number of nitriles is 1. The van der Waals surface area contributed by atoms with Gasteiger partial charge >= 0.3 is 0 Å². The summed E-state index contributed by atoms with van der Waals surface area (Å²) in [5.41, 5.74) is -0.510. The van der Waals surface area contributed by atoms with Gasteiger partial charge in [0.25, 0.3) is 0 Å². The molecule has 1 aliphatic heterocycles. The summed E-state index contributed by atoms with van der Waals surface area (Å²) in [7, 11) is 0. The Kier molecular flexibility index (Phi) is 2.52. The van der Waals surface area contributed by atoms with Crippen LogP contribution in [-0.4, -0.2) is 22.9 Å². The van der Waals surface area contributed by atoms with Crippen molar-refractivity contribution in [3.8, 4) is 6.07 Å². The van der Waals surface area contributed by atoms with Crippen LogP contribution in [0.15, 0.2) is 12.7 Å². The molecule has 2 atom stereocenters. The van der Waals surface area contributed by atoms with Crippen molar-refractivity contribution >= 4 is 5.91 Å². The second kappa shape index (κ2) is 3.69. The Hall–Kier alpha value is -1.30. The molecule has 80 valence electrons. The molecular weight excluding hydrogens is 188 g/mol. The smallest absolute Gasteiger partial charge is 0.224 e. The second-order valence-corrected chi connectivity index (χ2v) is 4.48. The molecule has 1 saturated carbocycles. The molecule has 1 saturated heterocycles. The molecule has 3 nitrogen and oxygen atoms in total. The van der Waals surface area contributed by atoms with Crippen LogP contribution in [0.5, 0.6) is 0 Å². The van der Waals surface area contributed by atoms with Gasteiger partial charge in [-0.1, -0.05) is 18.9 Å². The zero-order valence-corrected chi connectivity index (χ0v) is 8.91. The lowest BCUT2D eigenvalue weighted by atomic mass is 9.74. The van der Waals surface area contributed by atoms with Crippen LogP contribution >= 0.6 is 0 Å². The highest BCUT2D eigenvalue weighted by atomic mass is 16.2. The molecule has 0 unspecified atom stereocenters. The van der Waals surface area contributed by atoms with Gasteiger partial charge in [-0.05, 0) is 12.8 Å². The summed E-state index contributed by atoms with van der Waals surface area (Å²) >= 11 is 0. The average molecular weight is 204 g/mol. The van der Waals surface area contributed by atoms with Gasteiger partial charge in [-0.3, -0.25) is 4.79 Å². The third-order valence-corrected chi connectivity index (χ3v) is 3.74. The predicted octanol–water partition coefficient (Wildman–Crippen LogP) is 1.86. The van der Waals surface area contributed by atoms with E-state index in [9.17, 15) is 10.1 Å². The molecule has 0 bridgehead atoms. The number of hydrogen-bond acceptors (Lipinski definition) is 2. The Morgan fingerprint density at radius 3 is 3.13 bits per heavy atom. The molecule has 0 aromatic heterocycles. The number of carbonyl (C=O) groups is 1. The molecule has 0 aromatic rings. The van der Waals surface area contributed by atoms with Crippen LogP contribution in [0.4, 0.5) is 0 Å². The molecule has 1 amide bonds. The Morgan fingerprint density at radius 2 is 2.47 bits per heavy atom. The van der Waals surface area contributed by atoms with E-state index in [2.05, 4.69) is 12.6 Å². The van der Waals surface area contributed by atoms with E-state index in [1.54, 1.807) is 11.0 Å². The fourth-order valence-corrected chi connectivity index (χ4v) is 3.00. The van der Waals surface area contributed by atoms with Crippen molar-refractivity contribution in [1.82, 2.24) is 4.90 Å². The number of likely N-dealkylation sites (tertiary alicyclic amines) is 1. The minimum Gasteiger partial charge on any atom is -0.320 e. The summed E-state index contributed by atoms with van der Waals surface area (Å²) in [6.07, 6.45) is 6.35. The summed E-state index contributed by atoms with van der Waals surface area (Å²) in [6, 6.07) is 2.40. The molecule has 1 heterocycles. The van der Waals surface area contributed by atoms with E-state index >= 15 is 0 Å². The fourth-order valence-electron chi connectivity index (χ4n) is 3.00. The first-order chi connectivity index (χ1) is 7.24. The van der Waals surface area contributed by atoms with Crippen LogP contribution in [0.25, 0.3) is 0 Å². The monoisotopic (exact) mass is 204 g/mol. The molecule has 2 fully saturated rings. The van der Waals surface area contributed by atoms with Crippen molar-refractivity contribution in [2.75, 3.05) is 6.54 Å². The number of carbonyl (C=O) groups excluding carboxylic acids is 1. The number of hydrogen-bond donors (Lipinski definition) is 0. The normalized spacial score (nSPS) is 34.7. The topological polar surface area (TPSA) is 44.1 Å². The van der Waals surface area contributed by atoms with E-state index < -0.39 is 5.54 Å². The van der Waals surface area contributed by atoms with Crippen molar-refractivity contribution in [2.45, 2.75) is 37.6 Å². The highest BCUT2D eigenvalue weighted by molar-refractivity contribution is 5.81. The molecule has 2 aliphatic rings. The van der Waals surface area contributed by atoms with Crippen LogP contribution in [0.1, 0.15) is 32.1 Å². The van der Waals surface area contributed by atoms with Crippen LogP contribution < -0.4 is 0 Å². The largest absolute Gasteiger partial charge is 0.320 e. The summed E-state index contributed by atoms with van der Waals surface area (Å²) in [6.45, 7) is 4.18. The van der Waals surface area contributed by atoms with Gasteiger partial charge in [0, 0.05) is 18.9 Å². The minimum atomic E-state index is -0.510. The molecule has 1 aliphatic carbocycles. The Bertz CT molecular complexity index is 331. The Labute approximate surface area is 90.4 Å². The maximum atomic E-state index is 11.8. The number of rotatable bonds is 2. The van der Waals surface area contributed by atoms with Gasteiger partial charge in [-0.15, -0.1) is 6.58 Å². The summed E-state index contributed by atoms with van der Waals surface area (Å²) in [5.74, 6) is 0.382. The molecular formula is C12H16N2O. The third kappa shape index (κ3) is 1.36. The summed E-state index contributed by atoms with van der Waals surface area (Å²) in [5, 5.41) is 9.39. The zero-order valence-electron chi connectivity index (χ0n) is 8.91. The van der Waals surface area contributed by atoms with Gasteiger partial charge in [-0.25, -0.2) is 0 Å². The van der Waals surface area contributed by atoms with Crippen molar-refractivity contribution in [3.05, 3.63) is 12.7 Å². The van der Waals surface area contributed by atoms with E-state index in [1.165, 1.54) is 0 Å². The first-order valence-corrected chi connectivity index (χ1v) is 5.57. The molecule has 2 rings (SSSR count). The quantitative estimate of drug-likeness (QED) is 0.644. The predicted molar refractivity (Wildman–Crippen MR) is 56.8 cm³/mol. The Balaban J connectivity index is 2.33. The minimum absolute atomic E-state index is 0.128. The first-order valence-electron chi connectivity index (χ1n) is 5.57. The van der Waals surface area contributed by atoms with Gasteiger partial charge in [-0.2, -0.15) is 5.26 Å². The highest BCUT2D eigenvalue weighted by Crippen LogP contribution is 2.45. The highest BCUT2D eigenvalue weighted by Gasteiger charge is 2.53. The van der Waals surface area contributed by atoms with E-state index in [0.717, 1.165) is 25.7 Å². The van der Waals surface area contributed by atoms with Gasteiger partial charge in [0.2, 0.25) is 5.91 Å². The average Bonchev–Trinajstić information content (AvgIpc) is 2.53. The maximum Gasteiger partial charge on any atom is 0.224 e. The van der Waals surface area contributed by atoms with Crippen molar-refractivity contribution in [2.24, 2.45) is 5.92 Å². The van der Waals surface area contributed by atoms with Crippen molar-refractivity contribution in [1.29, 1.82) is 5.26 Å². The van der Waals surface area contributed by atoms with E-state index in [0.29, 0.717) is 13.0 Å². The van der Waals surface area contributed by atoms with Crippen LogP contribution in [0.3, 0.4) is 0 Å². The maximum absolute atomic E-state index is 11.8. The number of nitrogens with zero attached hydrogens (tertiary/aromatic N) is 2. The molecule has 0 aromatic carbocycles. The van der Waals surface area contributed by atoms with E-state index in [-0.39, 0.29) is 11.8 Å². The fraction of sp³-hybridized carbons (Fsp3) is 0.667. The second-order valence-electron chi connectivity index (χ2n) is 4.48. The number of fused-ring (bicyclic) bond motifs is 1. The molecule has 0 N–H and O–H groups in total. The van der Waals surface area contributed by atoms with Gasteiger partial charge in [0.15, 0.2) is 0 Å². The van der Waals surface area contributed by atoms with Gasteiger partial charge in [0.05, 0.1) is 6.07 Å². The van der Waals surface area contributed by atoms with Gasteiger partial charge in [0.1, 0.15) is 5.54 Å². The first kappa shape index (κ1) is 10.2. The van der Waals surface area contributed by atoms with Crippen LogP contribution in [0, 0.1) is 17.2 Å². The van der Waals surface area contributed by atoms with Crippen molar-refractivity contribution < 1.29 is 4.79 Å². The standard InChI is InChI=1S/C12H16N2O/c1-2-7-14-11(15)8-10-5-3-4-6-12(10,14)9-13/h2,10H,1,3-8H2/t10-,12+/m1/s1. The van der Waals surface area contributed by atoms with Crippen LogP contribution in [0.2, 0.25) is 0 Å². The Morgan fingerprint density at radius 1 is 1.67 bits per heavy atom. The zero-order chi connectivity index (χ0) is 10.9. The van der Waals surface area contributed by atoms with E-state index in [1.807, 2.05) is 0 Å². The lowest BCUT2D eigenvalue weighted by molar-refractivity contribution is -0.129. The van der Waals surface area contributed by atoms with E-state index in [4.69, 9.17) is 0 Å². The number of amides is 1. The molecule has 15 heavy (non-hydrogen) atoms. The lowest BCUT2D eigenvalue weighted by Crippen LogP contribution is -2.49. The molecule has 0 spiro atoms. The molecule has 0 radical (unpaired) electrons.